The summed E-state index contributed by atoms with van der Waals surface area (Å²) < 4.78 is 11.2. The van der Waals surface area contributed by atoms with E-state index in [0.29, 0.717) is 13.2 Å². The Labute approximate surface area is 144 Å². The summed E-state index contributed by atoms with van der Waals surface area (Å²) in [6.07, 6.45) is 5.13. The molecule has 128 valence electrons. The van der Waals surface area contributed by atoms with Gasteiger partial charge in [0, 0.05) is 31.3 Å². The monoisotopic (exact) mass is 347 g/mol. The minimum Gasteiger partial charge on any atom is -0.467 e. The van der Waals surface area contributed by atoms with E-state index in [9.17, 15) is 4.79 Å². The van der Waals surface area contributed by atoms with Gasteiger partial charge in [0.2, 0.25) is 5.91 Å². The molecule has 6 nitrogen and oxygen atoms in total. The van der Waals surface area contributed by atoms with Crippen LogP contribution in [0.3, 0.4) is 0 Å². The van der Waals surface area contributed by atoms with Crippen LogP contribution in [0.5, 0.6) is 0 Å². The molecule has 0 saturated carbocycles. The van der Waals surface area contributed by atoms with E-state index in [0.717, 1.165) is 43.2 Å². The van der Waals surface area contributed by atoms with Crippen molar-refractivity contribution in [2.45, 2.75) is 32.0 Å². The molecular weight excluding hydrogens is 326 g/mol. The summed E-state index contributed by atoms with van der Waals surface area (Å²) in [6.45, 7) is 3.55. The van der Waals surface area contributed by atoms with Crippen LogP contribution in [0.25, 0.3) is 0 Å². The Hall–Kier alpha value is -1.70. The van der Waals surface area contributed by atoms with Gasteiger partial charge in [-0.25, -0.2) is 4.98 Å². The van der Waals surface area contributed by atoms with Gasteiger partial charge in [-0.15, -0.1) is 11.3 Å². The van der Waals surface area contributed by atoms with E-state index in [1.54, 1.807) is 17.6 Å². The number of furan rings is 1. The number of rotatable bonds is 5. The van der Waals surface area contributed by atoms with E-state index in [2.05, 4.69) is 15.2 Å². The first-order valence-corrected chi connectivity index (χ1v) is 9.17. The van der Waals surface area contributed by atoms with Crippen molar-refractivity contribution in [1.29, 1.82) is 0 Å². The lowest BCUT2D eigenvalue weighted by Crippen LogP contribution is -2.56. The summed E-state index contributed by atoms with van der Waals surface area (Å²) in [5, 5.41) is 6.13. The highest BCUT2D eigenvalue weighted by Gasteiger charge is 2.53. The van der Waals surface area contributed by atoms with E-state index in [-0.39, 0.29) is 12.0 Å². The maximum Gasteiger partial charge on any atom is 0.230 e. The summed E-state index contributed by atoms with van der Waals surface area (Å²) in [7, 11) is 0. The number of nitrogens with one attached hydrogen (secondary N) is 1. The fourth-order valence-corrected chi connectivity index (χ4v) is 4.43. The van der Waals surface area contributed by atoms with E-state index < -0.39 is 5.41 Å². The number of ether oxygens (including phenoxy) is 1. The summed E-state index contributed by atoms with van der Waals surface area (Å²) in [4.78, 5) is 19.7. The molecule has 4 rings (SSSR count). The summed E-state index contributed by atoms with van der Waals surface area (Å²) >= 11 is 1.66. The standard InChI is InChI=1S/C17H21N3O3S/c21-16(19-10-13-2-1-7-22-13)17-4-8-23-14(17)3-6-20(12-17)11-15-18-5-9-24-15/h1-2,5,7,9,14H,3-4,6,8,10-12H2,(H,19,21)/t14-,17-/m0/s1. The molecule has 7 heteroatoms. The molecule has 2 atom stereocenters. The lowest BCUT2D eigenvalue weighted by molar-refractivity contribution is -0.139. The Morgan fingerprint density at radius 1 is 1.54 bits per heavy atom. The number of amides is 1. The van der Waals surface area contributed by atoms with Gasteiger partial charge in [0.1, 0.15) is 10.8 Å². The number of thiazole rings is 1. The number of fused-ring (bicyclic) bond motifs is 1. The molecular formula is C17H21N3O3S. The van der Waals surface area contributed by atoms with Gasteiger partial charge in [-0.1, -0.05) is 0 Å². The molecule has 2 aliphatic heterocycles. The van der Waals surface area contributed by atoms with Crippen LogP contribution in [0.4, 0.5) is 0 Å². The van der Waals surface area contributed by atoms with E-state index in [1.165, 1.54) is 0 Å². The van der Waals surface area contributed by atoms with E-state index in [1.807, 2.05) is 23.7 Å². The van der Waals surface area contributed by atoms with Crippen LogP contribution in [0.15, 0.2) is 34.4 Å². The zero-order chi connectivity index (χ0) is 16.4. The molecule has 0 unspecified atom stereocenters. The maximum atomic E-state index is 13.0. The minimum absolute atomic E-state index is 0.0154. The molecule has 0 aromatic carbocycles. The average Bonchev–Trinajstić information content (AvgIpc) is 3.33. The Bertz CT molecular complexity index is 673. The van der Waals surface area contributed by atoms with Gasteiger partial charge in [0.25, 0.3) is 0 Å². The summed E-state index contributed by atoms with van der Waals surface area (Å²) in [6, 6.07) is 3.70. The summed E-state index contributed by atoms with van der Waals surface area (Å²) in [5.74, 6) is 0.843. The SMILES string of the molecule is O=C(NCc1ccco1)[C@]12CCO[C@H]1CCN(Cc1nccs1)C2. The number of carbonyl (C=O) groups is 1. The van der Waals surface area contributed by atoms with Gasteiger partial charge < -0.3 is 14.5 Å². The molecule has 1 N–H and O–H groups in total. The Morgan fingerprint density at radius 2 is 2.50 bits per heavy atom. The molecule has 24 heavy (non-hydrogen) atoms. The van der Waals surface area contributed by atoms with Gasteiger partial charge in [0.05, 0.1) is 30.9 Å². The normalized spacial score (nSPS) is 27.1. The van der Waals surface area contributed by atoms with Crippen LogP contribution in [0.2, 0.25) is 0 Å². The van der Waals surface area contributed by atoms with E-state index in [4.69, 9.17) is 9.15 Å². The van der Waals surface area contributed by atoms with Gasteiger partial charge in [-0.2, -0.15) is 0 Å². The third-order valence-electron chi connectivity index (χ3n) is 4.99. The molecule has 2 fully saturated rings. The zero-order valence-corrected chi connectivity index (χ0v) is 14.3. The highest BCUT2D eigenvalue weighted by Crippen LogP contribution is 2.41. The third-order valence-corrected chi connectivity index (χ3v) is 5.76. The quantitative estimate of drug-likeness (QED) is 0.896. The first-order valence-electron chi connectivity index (χ1n) is 8.29. The Morgan fingerprint density at radius 3 is 3.29 bits per heavy atom. The van der Waals surface area contributed by atoms with Crippen LogP contribution in [0, 0.1) is 5.41 Å². The van der Waals surface area contributed by atoms with Crippen LogP contribution in [-0.4, -0.2) is 41.6 Å². The molecule has 0 spiro atoms. The largest absolute Gasteiger partial charge is 0.467 e. The van der Waals surface area contributed by atoms with Gasteiger partial charge >= 0.3 is 0 Å². The Kier molecular flexibility index (Phi) is 4.39. The second-order valence-corrected chi connectivity index (χ2v) is 7.43. The second kappa shape index (κ2) is 6.66. The van der Waals surface area contributed by atoms with Crippen molar-refractivity contribution in [1.82, 2.24) is 15.2 Å². The van der Waals surface area contributed by atoms with Crippen molar-refractivity contribution >= 4 is 17.2 Å². The maximum absolute atomic E-state index is 13.0. The van der Waals surface area contributed by atoms with Crippen molar-refractivity contribution in [3.63, 3.8) is 0 Å². The van der Waals surface area contributed by atoms with Crippen molar-refractivity contribution < 1.29 is 13.9 Å². The number of hydrogen-bond acceptors (Lipinski definition) is 6. The lowest BCUT2D eigenvalue weighted by Gasteiger charge is -2.42. The number of carbonyl (C=O) groups excluding carboxylic acids is 1. The van der Waals surface area contributed by atoms with Crippen LogP contribution in [-0.2, 0) is 22.6 Å². The van der Waals surface area contributed by atoms with Gasteiger partial charge in [-0.3, -0.25) is 9.69 Å². The molecule has 0 radical (unpaired) electrons. The third kappa shape index (κ3) is 2.99. The minimum atomic E-state index is -0.456. The van der Waals surface area contributed by atoms with Crippen LogP contribution >= 0.6 is 11.3 Å². The molecule has 2 aromatic heterocycles. The fourth-order valence-electron chi connectivity index (χ4n) is 3.77. The van der Waals surface area contributed by atoms with Crippen molar-refractivity contribution in [2.24, 2.45) is 5.41 Å². The highest BCUT2D eigenvalue weighted by molar-refractivity contribution is 7.09. The first kappa shape index (κ1) is 15.8. The number of aromatic nitrogens is 1. The number of piperidine rings is 1. The zero-order valence-electron chi connectivity index (χ0n) is 13.4. The molecule has 4 heterocycles. The topological polar surface area (TPSA) is 67.6 Å². The second-order valence-electron chi connectivity index (χ2n) is 6.45. The van der Waals surface area contributed by atoms with Gasteiger partial charge in [-0.05, 0) is 25.0 Å². The molecule has 1 amide bonds. The molecule has 0 bridgehead atoms. The lowest BCUT2D eigenvalue weighted by atomic mass is 9.75. The molecule has 2 saturated heterocycles. The predicted molar refractivity (Wildman–Crippen MR) is 89.4 cm³/mol. The molecule has 2 aromatic rings. The van der Waals surface area contributed by atoms with Crippen molar-refractivity contribution in [2.75, 3.05) is 19.7 Å². The van der Waals surface area contributed by atoms with Crippen molar-refractivity contribution in [3.05, 3.63) is 40.7 Å². The van der Waals surface area contributed by atoms with E-state index >= 15 is 0 Å². The van der Waals surface area contributed by atoms with Crippen LogP contribution in [0.1, 0.15) is 23.6 Å². The number of nitrogens with zero attached hydrogens (tertiary/aromatic N) is 2. The predicted octanol–water partition coefficient (Wildman–Crippen LogP) is 2.03. The fraction of sp³-hybridized carbons (Fsp3) is 0.529. The number of likely N-dealkylation sites (tertiary alicyclic amines) is 1. The average molecular weight is 347 g/mol. The van der Waals surface area contributed by atoms with Gasteiger partial charge in [0.15, 0.2) is 0 Å². The van der Waals surface area contributed by atoms with Crippen molar-refractivity contribution in [3.8, 4) is 0 Å². The first-order chi connectivity index (χ1) is 11.8. The smallest absolute Gasteiger partial charge is 0.230 e. The van der Waals surface area contributed by atoms with Crippen LogP contribution < -0.4 is 5.32 Å². The molecule has 0 aliphatic carbocycles. The Balaban J connectivity index is 1.45. The summed E-state index contributed by atoms with van der Waals surface area (Å²) in [5.41, 5.74) is -0.456. The highest BCUT2D eigenvalue weighted by atomic mass is 32.1. The molecule has 2 aliphatic rings. The number of hydrogen-bond donors (Lipinski definition) is 1.